The van der Waals surface area contributed by atoms with Gasteiger partial charge in [0.25, 0.3) is 0 Å². The Labute approximate surface area is 92.5 Å². The smallest absolute Gasteiger partial charge is 0.315 e. The predicted octanol–water partition coefficient (Wildman–Crippen LogP) is 1.42. The number of carboxylic acid groups (broad SMARTS) is 2. The molecule has 4 nitrogen and oxygen atoms in total. The normalized spacial score (nSPS) is 27.4. The zero-order valence-electron chi connectivity index (χ0n) is 8.80. The number of hydrogen-bond donors (Lipinski definition) is 2. The van der Waals surface area contributed by atoms with Crippen LogP contribution >= 0.6 is 0 Å². The molecule has 1 aromatic carbocycles. The summed E-state index contributed by atoms with van der Waals surface area (Å²) < 4.78 is 0. The number of aryl methyl sites for hydroxylation is 1. The molecule has 1 aliphatic rings. The molecule has 1 aliphatic carbocycles. The van der Waals surface area contributed by atoms with Crippen molar-refractivity contribution in [2.75, 3.05) is 0 Å². The number of benzene rings is 1. The topological polar surface area (TPSA) is 74.6 Å². The van der Waals surface area contributed by atoms with Crippen LogP contribution in [0.1, 0.15) is 17.5 Å². The van der Waals surface area contributed by atoms with Crippen LogP contribution in [0.2, 0.25) is 0 Å². The molecule has 84 valence electrons. The second-order valence-electron chi connectivity index (χ2n) is 4.24. The Morgan fingerprint density at radius 3 is 2.19 bits per heavy atom. The SMILES string of the molecule is Cc1ccc([C@]2(C(=O)O)C[C@@H]2C(=O)O)cc1. The van der Waals surface area contributed by atoms with Crippen LogP contribution in [0.5, 0.6) is 0 Å². The molecule has 2 N–H and O–H groups in total. The maximum Gasteiger partial charge on any atom is 0.315 e. The Morgan fingerprint density at radius 2 is 1.81 bits per heavy atom. The summed E-state index contributed by atoms with van der Waals surface area (Å²) in [4.78, 5) is 22.1. The number of aliphatic carboxylic acids is 2. The number of hydrogen-bond acceptors (Lipinski definition) is 2. The van der Waals surface area contributed by atoms with E-state index in [9.17, 15) is 14.7 Å². The Kier molecular flexibility index (Phi) is 2.22. The third kappa shape index (κ3) is 1.38. The van der Waals surface area contributed by atoms with Crippen molar-refractivity contribution in [2.45, 2.75) is 18.8 Å². The summed E-state index contributed by atoms with van der Waals surface area (Å²) >= 11 is 0. The third-order valence-corrected chi connectivity index (χ3v) is 3.21. The summed E-state index contributed by atoms with van der Waals surface area (Å²) in [5.41, 5.74) is 0.398. The minimum Gasteiger partial charge on any atom is -0.481 e. The molecule has 0 bridgehead atoms. The summed E-state index contributed by atoms with van der Waals surface area (Å²) in [6, 6.07) is 7.01. The fraction of sp³-hybridized carbons (Fsp3) is 0.333. The van der Waals surface area contributed by atoms with Crippen LogP contribution in [0, 0.1) is 12.8 Å². The predicted molar refractivity (Wildman–Crippen MR) is 56.2 cm³/mol. The second kappa shape index (κ2) is 3.33. The van der Waals surface area contributed by atoms with Gasteiger partial charge in [0.1, 0.15) is 5.41 Å². The highest BCUT2D eigenvalue weighted by molar-refractivity contribution is 5.94. The summed E-state index contributed by atoms with van der Waals surface area (Å²) in [7, 11) is 0. The standard InChI is InChI=1S/C12H12O4/c1-7-2-4-8(5-3-7)12(11(15)16)6-9(12)10(13)14/h2-5,9H,6H2,1H3,(H,13,14)(H,15,16)/t9-,12-/m1/s1. The average Bonchev–Trinajstić information content (AvgIpc) is 2.95. The highest BCUT2D eigenvalue weighted by Crippen LogP contribution is 2.54. The maximum absolute atomic E-state index is 11.2. The first-order chi connectivity index (χ1) is 7.48. The monoisotopic (exact) mass is 220 g/mol. The van der Waals surface area contributed by atoms with Crippen molar-refractivity contribution in [1.82, 2.24) is 0 Å². The van der Waals surface area contributed by atoms with Crippen molar-refractivity contribution in [3.8, 4) is 0 Å². The molecule has 0 spiro atoms. The van der Waals surface area contributed by atoms with Gasteiger partial charge in [-0.15, -0.1) is 0 Å². The lowest BCUT2D eigenvalue weighted by Gasteiger charge is -2.11. The Hall–Kier alpha value is -1.84. The van der Waals surface area contributed by atoms with E-state index in [1.807, 2.05) is 6.92 Å². The quantitative estimate of drug-likeness (QED) is 0.807. The molecule has 2 rings (SSSR count). The van der Waals surface area contributed by atoms with E-state index in [-0.39, 0.29) is 6.42 Å². The van der Waals surface area contributed by atoms with Gasteiger partial charge in [0, 0.05) is 0 Å². The molecular formula is C12H12O4. The zero-order chi connectivity index (χ0) is 11.9. The van der Waals surface area contributed by atoms with Crippen molar-refractivity contribution in [3.63, 3.8) is 0 Å². The number of rotatable bonds is 3. The van der Waals surface area contributed by atoms with Crippen molar-refractivity contribution in [2.24, 2.45) is 5.92 Å². The lowest BCUT2D eigenvalue weighted by atomic mass is 9.92. The fourth-order valence-corrected chi connectivity index (χ4v) is 2.09. The van der Waals surface area contributed by atoms with Crippen LogP contribution in [-0.4, -0.2) is 22.2 Å². The van der Waals surface area contributed by atoms with Crippen LogP contribution in [0.4, 0.5) is 0 Å². The van der Waals surface area contributed by atoms with Crippen LogP contribution in [0.3, 0.4) is 0 Å². The molecule has 0 heterocycles. The van der Waals surface area contributed by atoms with Crippen LogP contribution in [-0.2, 0) is 15.0 Å². The van der Waals surface area contributed by atoms with Gasteiger partial charge in [0.05, 0.1) is 5.92 Å². The van der Waals surface area contributed by atoms with Gasteiger partial charge in [-0.2, -0.15) is 0 Å². The highest BCUT2D eigenvalue weighted by Gasteiger charge is 2.65. The summed E-state index contributed by atoms with van der Waals surface area (Å²) in [6.45, 7) is 1.90. The van der Waals surface area contributed by atoms with Gasteiger partial charge in [-0.1, -0.05) is 29.8 Å². The molecule has 1 saturated carbocycles. The molecule has 1 aromatic rings. The van der Waals surface area contributed by atoms with E-state index in [1.165, 1.54) is 0 Å². The Morgan fingerprint density at radius 1 is 1.25 bits per heavy atom. The van der Waals surface area contributed by atoms with Gasteiger partial charge in [0.2, 0.25) is 0 Å². The van der Waals surface area contributed by atoms with Crippen LogP contribution in [0.15, 0.2) is 24.3 Å². The van der Waals surface area contributed by atoms with E-state index >= 15 is 0 Å². The largest absolute Gasteiger partial charge is 0.481 e. The number of carboxylic acids is 2. The van der Waals surface area contributed by atoms with E-state index in [0.717, 1.165) is 5.56 Å². The minimum absolute atomic E-state index is 0.181. The van der Waals surface area contributed by atoms with Gasteiger partial charge >= 0.3 is 11.9 Å². The Balaban J connectivity index is 2.40. The minimum atomic E-state index is -1.21. The summed E-state index contributed by atoms with van der Waals surface area (Å²) in [5.74, 6) is -2.89. The van der Waals surface area contributed by atoms with Crippen LogP contribution < -0.4 is 0 Å². The molecule has 0 aromatic heterocycles. The molecule has 4 heteroatoms. The molecular weight excluding hydrogens is 208 g/mol. The third-order valence-electron chi connectivity index (χ3n) is 3.21. The number of carbonyl (C=O) groups is 2. The van der Waals surface area contributed by atoms with Gasteiger partial charge in [0.15, 0.2) is 0 Å². The zero-order valence-corrected chi connectivity index (χ0v) is 8.80. The maximum atomic E-state index is 11.2. The lowest BCUT2D eigenvalue weighted by Crippen LogP contribution is -2.25. The van der Waals surface area contributed by atoms with Gasteiger partial charge < -0.3 is 10.2 Å². The fourth-order valence-electron chi connectivity index (χ4n) is 2.09. The Bertz CT molecular complexity index is 449. The molecule has 16 heavy (non-hydrogen) atoms. The average molecular weight is 220 g/mol. The van der Waals surface area contributed by atoms with E-state index in [1.54, 1.807) is 24.3 Å². The van der Waals surface area contributed by atoms with Crippen molar-refractivity contribution >= 4 is 11.9 Å². The summed E-state index contributed by atoms with van der Waals surface area (Å²) in [5, 5.41) is 18.1. The first-order valence-electron chi connectivity index (χ1n) is 5.02. The first-order valence-corrected chi connectivity index (χ1v) is 5.02. The molecule has 1 fully saturated rings. The molecule has 0 saturated heterocycles. The van der Waals surface area contributed by atoms with Crippen molar-refractivity contribution in [3.05, 3.63) is 35.4 Å². The second-order valence-corrected chi connectivity index (χ2v) is 4.24. The van der Waals surface area contributed by atoms with Gasteiger partial charge in [-0.05, 0) is 18.9 Å². The van der Waals surface area contributed by atoms with Crippen molar-refractivity contribution < 1.29 is 19.8 Å². The van der Waals surface area contributed by atoms with E-state index < -0.39 is 23.3 Å². The van der Waals surface area contributed by atoms with E-state index in [2.05, 4.69) is 0 Å². The lowest BCUT2D eigenvalue weighted by molar-refractivity contribution is -0.145. The van der Waals surface area contributed by atoms with Crippen molar-refractivity contribution in [1.29, 1.82) is 0 Å². The highest BCUT2D eigenvalue weighted by atomic mass is 16.4. The molecule has 2 atom stereocenters. The molecule has 0 aliphatic heterocycles. The van der Waals surface area contributed by atoms with Gasteiger partial charge in [-0.3, -0.25) is 9.59 Å². The summed E-state index contributed by atoms with van der Waals surface area (Å²) in [6.07, 6.45) is 0.181. The van der Waals surface area contributed by atoms with Crippen LogP contribution in [0.25, 0.3) is 0 Å². The van der Waals surface area contributed by atoms with E-state index in [4.69, 9.17) is 5.11 Å². The van der Waals surface area contributed by atoms with E-state index in [0.29, 0.717) is 5.56 Å². The molecule has 0 amide bonds. The molecule has 0 radical (unpaired) electrons. The molecule has 0 unspecified atom stereocenters. The van der Waals surface area contributed by atoms with Gasteiger partial charge in [-0.25, -0.2) is 0 Å². The first kappa shape index (κ1) is 10.7.